The second-order valence-electron chi connectivity index (χ2n) is 3.76. The summed E-state index contributed by atoms with van der Waals surface area (Å²) in [4.78, 5) is 0. The summed E-state index contributed by atoms with van der Waals surface area (Å²) in [7, 11) is 1.68. The molecule has 0 amide bonds. The van der Waals surface area contributed by atoms with Gasteiger partial charge in [0.1, 0.15) is 17.4 Å². The van der Waals surface area contributed by atoms with E-state index in [4.69, 9.17) is 37.4 Å². The van der Waals surface area contributed by atoms with Crippen LogP contribution < -0.4 is 10.1 Å². The zero-order chi connectivity index (χ0) is 13.9. The number of halogens is 2. The Morgan fingerprint density at radius 2 is 1.84 bits per heavy atom. The molecule has 0 unspecified atom stereocenters. The minimum atomic E-state index is 0.436. The highest BCUT2D eigenvalue weighted by atomic mass is 35.5. The van der Waals surface area contributed by atoms with Crippen molar-refractivity contribution in [3.05, 3.63) is 28.2 Å². The Morgan fingerprint density at radius 1 is 1.05 bits per heavy atom. The van der Waals surface area contributed by atoms with E-state index in [9.17, 15) is 0 Å². The van der Waals surface area contributed by atoms with Gasteiger partial charge in [0.25, 0.3) is 0 Å². The largest absolute Gasteiger partial charge is 0.490 e. The molecule has 0 radical (unpaired) electrons. The zero-order valence-electron chi connectivity index (χ0n) is 11.0. The lowest BCUT2D eigenvalue weighted by Gasteiger charge is -2.09. The topological polar surface area (TPSA) is 39.7 Å². The maximum atomic E-state index is 5.98. The second kappa shape index (κ2) is 10.3. The van der Waals surface area contributed by atoms with Crippen molar-refractivity contribution in [2.45, 2.75) is 0 Å². The van der Waals surface area contributed by atoms with E-state index in [1.807, 2.05) is 0 Å². The van der Waals surface area contributed by atoms with Gasteiger partial charge in [0.2, 0.25) is 0 Å². The quantitative estimate of drug-likeness (QED) is 0.675. The summed E-state index contributed by atoms with van der Waals surface area (Å²) >= 11 is 11.9. The molecule has 108 valence electrons. The molecular formula is C13H19Cl2NO3. The molecule has 19 heavy (non-hydrogen) atoms. The van der Waals surface area contributed by atoms with Gasteiger partial charge in [-0.15, -0.1) is 0 Å². The highest BCUT2D eigenvalue weighted by Crippen LogP contribution is 2.31. The standard InChI is InChI=1S/C13H19Cl2NO3/c1-17-7-5-16-6-8-18-9-10-19-12-4-2-3-11(14)13(12)15/h2-4,16H,5-10H2,1H3. The van der Waals surface area contributed by atoms with Gasteiger partial charge < -0.3 is 19.5 Å². The molecule has 0 bridgehead atoms. The average Bonchev–Trinajstić information content (AvgIpc) is 2.41. The molecule has 6 heteroatoms. The lowest BCUT2D eigenvalue weighted by Crippen LogP contribution is -2.24. The Labute approximate surface area is 123 Å². The van der Waals surface area contributed by atoms with Crippen LogP contribution in [0, 0.1) is 0 Å². The van der Waals surface area contributed by atoms with E-state index in [-0.39, 0.29) is 0 Å². The molecule has 0 heterocycles. The van der Waals surface area contributed by atoms with Crippen molar-refractivity contribution < 1.29 is 14.2 Å². The summed E-state index contributed by atoms with van der Waals surface area (Å²) < 4.78 is 15.8. The number of ether oxygens (including phenoxy) is 3. The Kier molecular flexibility index (Phi) is 8.95. The average molecular weight is 308 g/mol. The fraction of sp³-hybridized carbons (Fsp3) is 0.538. The molecule has 0 aliphatic rings. The van der Waals surface area contributed by atoms with Crippen LogP contribution in [0.5, 0.6) is 5.75 Å². The number of hydrogen-bond acceptors (Lipinski definition) is 4. The van der Waals surface area contributed by atoms with Gasteiger partial charge in [-0.1, -0.05) is 29.3 Å². The number of benzene rings is 1. The van der Waals surface area contributed by atoms with Crippen molar-refractivity contribution in [2.24, 2.45) is 0 Å². The molecule has 0 aromatic heterocycles. The first-order valence-corrected chi connectivity index (χ1v) is 6.85. The van der Waals surface area contributed by atoms with Gasteiger partial charge in [0.05, 0.1) is 24.8 Å². The van der Waals surface area contributed by atoms with E-state index in [1.165, 1.54) is 0 Å². The molecule has 0 atom stereocenters. The van der Waals surface area contributed by atoms with E-state index in [0.29, 0.717) is 42.2 Å². The molecule has 0 saturated carbocycles. The SMILES string of the molecule is COCCNCCOCCOc1cccc(Cl)c1Cl. The molecule has 1 rings (SSSR count). The van der Waals surface area contributed by atoms with E-state index >= 15 is 0 Å². The van der Waals surface area contributed by atoms with Crippen LogP contribution in [0.25, 0.3) is 0 Å². The van der Waals surface area contributed by atoms with Gasteiger partial charge in [-0.3, -0.25) is 0 Å². The molecule has 1 N–H and O–H groups in total. The predicted molar refractivity (Wildman–Crippen MR) is 77.5 cm³/mol. The van der Waals surface area contributed by atoms with Gasteiger partial charge in [0.15, 0.2) is 0 Å². The zero-order valence-corrected chi connectivity index (χ0v) is 12.5. The first kappa shape index (κ1) is 16.5. The van der Waals surface area contributed by atoms with Gasteiger partial charge in [-0.05, 0) is 12.1 Å². The molecule has 0 aliphatic heterocycles. The Hall–Kier alpha value is -0.520. The first-order chi connectivity index (χ1) is 9.25. The minimum absolute atomic E-state index is 0.436. The molecule has 0 spiro atoms. The van der Waals surface area contributed by atoms with Gasteiger partial charge in [-0.2, -0.15) is 0 Å². The lowest BCUT2D eigenvalue weighted by atomic mass is 10.3. The van der Waals surface area contributed by atoms with Crippen LogP contribution in [-0.2, 0) is 9.47 Å². The third-order valence-corrected chi connectivity index (χ3v) is 3.11. The third kappa shape index (κ3) is 6.99. The highest BCUT2D eigenvalue weighted by molar-refractivity contribution is 6.42. The smallest absolute Gasteiger partial charge is 0.139 e. The number of nitrogens with one attached hydrogen (secondary N) is 1. The summed E-state index contributed by atoms with van der Waals surface area (Å²) in [6, 6.07) is 5.30. The number of methoxy groups -OCH3 is 1. The fourth-order valence-corrected chi connectivity index (χ4v) is 1.70. The normalized spacial score (nSPS) is 10.7. The lowest BCUT2D eigenvalue weighted by molar-refractivity contribution is 0.100. The summed E-state index contributed by atoms with van der Waals surface area (Å²) in [5, 5.41) is 4.11. The van der Waals surface area contributed by atoms with Crippen molar-refractivity contribution in [3.8, 4) is 5.75 Å². The Morgan fingerprint density at radius 3 is 2.63 bits per heavy atom. The van der Waals surface area contributed by atoms with Crippen molar-refractivity contribution in [1.29, 1.82) is 0 Å². The van der Waals surface area contributed by atoms with E-state index in [0.717, 1.165) is 13.1 Å². The Bertz CT molecular complexity index is 364. The third-order valence-electron chi connectivity index (χ3n) is 2.31. The van der Waals surface area contributed by atoms with Crippen LogP contribution in [0.1, 0.15) is 0 Å². The predicted octanol–water partition coefficient (Wildman–Crippen LogP) is 2.62. The van der Waals surface area contributed by atoms with Crippen LogP contribution in [-0.4, -0.2) is 46.6 Å². The number of rotatable bonds is 10. The van der Waals surface area contributed by atoms with Crippen LogP contribution >= 0.6 is 23.2 Å². The maximum absolute atomic E-state index is 5.98. The summed E-state index contributed by atoms with van der Waals surface area (Å²) in [6.07, 6.45) is 0. The van der Waals surface area contributed by atoms with Crippen LogP contribution in [0.4, 0.5) is 0 Å². The molecule has 0 fully saturated rings. The van der Waals surface area contributed by atoms with E-state index in [2.05, 4.69) is 5.32 Å². The Balaban J connectivity index is 2.03. The van der Waals surface area contributed by atoms with Crippen molar-refractivity contribution in [2.75, 3.05) is 46.6 Å². The summed E-state index contributed by atoms with van der Waals surface area (Å²) in [6.45, 7) is 3.91. The van der Waals surface area contributed by atoms with E-state index < -0.39 is 0 Å². The fourth-order valence-electron chi connectivity index (χ4n) is 1.35. The van der Waals surface area contributed by atoms with Gasteiger partial charge >= 0.3 is 0 Å². The van der Waals surface area contributed by atoms with Crippen molar-refractivity contribution in [3.63, 3.8) is 0 Å². The van der Waals surface area contributed by atoms with Gasteiger partial charge in [-0.25, -0.2) is 0 Å². The van der Waals surface area contributed by atoms with E-state index in [1.54, 1.807) is 25.3 Å². The molecule has 1 aromatic carbocycles. The summed E-state index contributed by atoms with van der Waals surface area (Å²) in [5.74, 6) is 0.580. The monoisotopic (exact) mass is 307 g/mol. The molecule has 0 aliphatic carbocycles. The van der Waals surface area contributed by atoms with Crippen LogP contribution in [0.3, 0.4) is 0 Å². The number of hydrogen-bond donors (Lipinski definition) is 1. The molecular weight excluding hydrogens is 289 g/mol. The molecule has 1 aromatic rings. The second-order valence-corrected chi connectivity index (χ2v) is 4.54. The van der Waals surface area contributed by atoms with Crippen LogP contribution in [0.2, 0.25) is 10.0 Å². The van der Waals surface area contributed by atoms with Crippen molar-refractivity contribution >= 4 is 23.2 Å². The molecule has 4 nitrogen and oxygen atoms in total. The van der Waals surface area contributed by atoms with Crippen molar-refractivity contribution in [1.82, 2.24) is 5.32 Å². The maximum Gasteiger partial charge on any atom is 0.139 e. The first-order valence-electron chi connectivity index (χ1n) is 6.10. The molecule has 0 saturated heterocycles. The van der Waals surface area contributed by atoms with Crippen LogP contribution in [0.15, 0.2) is 18.2 Å². The van der Waals surface area contributed by atoms with Gasteiger partial charge in [0, 0.05) is 20.2 Å². The minimum Gasteiger partial charge on any atom is -0.490 e. The summed E-state index contributed by atoms with van der Waals surface area (Å²) in [5.41, 5.74) is 0. The highest BCUT2D eigenvalue weighted by Gasteiger charge is 2.04.